The van der Waals surface area contributed by atoms with Crippen molar-refractivity contribution in [3.63, 3.8) is 0 Å². The number of aryl methyl sites for hydroxylation is 1. The summed E-state index contributed by atoms with van der Waals surface area (Å²) in [6, 6.07) is 17.3. The van der Waals surface area contributed by atoms with E-state index in [0.29, 0.717) is 19.4 Å². The lowest BCUT2D eigenvalue weighted by atomic mass is 10.2. The number of anilines is 1. The van der Waals surface area contributed by atoms with Gasteiger partial charge in [0.2, 0.25) is 5.91 Å². The zero-order chi connectivity index (χ0) is 16.6. The van der Waals surface area contributed by atoms with Gasteiger partial charge in [-0.3, -0.25) is 4.79 Å². The van der Waals surface area contributed by atoms with Crippen LogP contribution in [0.2, 0.25) is 0 Å². The molecule has 1 aromatic heterocycles. The number of nitrogens with zero attached hydrogens (tertiary/aromatic N) is 1. The SMILES string of the molecule is O=C(CCc1cocn1)Nc1ccc(OCc2ccccc2)cc1. The topological polar surface area (TPSA) is 64.4 Å². The van der Waals surface area contributed by atoms with E-state index in [4.69, 9.17) is 9.15 Å². The molecule has 2 aromatic carbocycles. The van der Waals surface area contributed by atoms with E-state index in [1.807, 2.05) is 54.6 Å². The minimum atomic E-state index is -0.0593. The molecule has 3 aromatic rings. The van der Waals surface area contributed by atoms with Crippen LogP contribution in [0.3, 0.4) is 0 Å². The van der Waals surface area contributed by atoms with Crippen LogP contribution in [0.5, 0.6) is 5.75 Å². The van der Waals surface area contributed by atoms with E-state index < -0.39 is 0 Å². The number of oxazole rings is 1. The van der Waals surface area contributed by atoms with Gasteiger partial charge in [0.25, 0.3) is 0 Å². The van der Waals surface area contributed by atoms with Crippen LogP contribution in [0, 0.1) is 0 Å². The highest BCUT2D eigenvalue weighted by atomic mass is 16.5. The van der Waals surface area contributed by atoms with Crippen molar-refractivity contribution >= 4 is 11.6 Å². The number of hydrogen-bond acceptors (Lipinski definition) is 4. The summed E-state index contributed by atoms with van der Waals surface area (Å²) < 4.78 is 10.6. The summed E-state index contributed by atoms with van der Waals surface area (Å²) in [5.41, 5.74) is 2.63. The van der Waals surface area contributed by atoms with Crippen molar-refractivity contribution in [3.05, 3.63) is 78.5 Å². The third-order valence-electron chi connectivity index (χ3n) is 3.48. The fraction of sp³-hybridized carbons (Fsp3) is 0.158. The second-order valence-electron chi connectivity index (χ2n) is 5.33. The number of rotatable bonds is 7. The van der Waals surface area contributed by atoms with Crippen LogP contribution in [0.15, 0.2) is 71.7 Å². The van der Waals surface area contributed by atoms with Crippen LogP contribution in [0.1, 0.15) is 17.7 Å². The number of nitrogens with one attached hydrogen (secondary N) is 1. The molecule has 122 valence electrons. The number of carbonyl (C=O) groups is 1. The fourth-order valence-electron chi connectivity index (χ4n) is 2.20. The normalized spacial score (nSPS) is 10.3. The lowest BCUT2D eigenvalue weighted by Crippen LogP contribution is -2.12. The van der Waals surface area contributed by atoms with Crippen molar-refractivity contribution in [2.75, 3.05) is 5.32 Å². The Balaban J connectivity index is 1.46. The van der Waals surface area contributed by atoms with Crippen LogP contribution in [0.4, 0.5) is 5.69 Å². The number of benzene rings is 2. The highest BCUT2D eigenvalue weighted by Gasteiger charge is 2.05. The van der Waals surface area contributed by atoms with Crippen LogP contribution in [-0.2, 0) is 17.8 Å². The van der Waals surface area contributed by atoms with Gasteiger partial charge in [-0.15, -0.1) is 0 Å². The summed E-state index contributed by atoms with van der Waals surface area (Å²) in [7, 11) is 0. The fourth-order valence-corrected chi connectivity index (χ4v) is 2.20. The third-order valence-corrected chi connectivity index (χ3v) is 3.48. The minimum absolute atomic E-state index is 0.0593. The largest absolute Gasteiger partial charge is 0.489 e. The van der Waals surface area contributed by atoms with Crippen molar-refractivity contribution in [2.45, 2.75) is 19.4 Å². The molecule has 0 fully saturated rings. The summed E-state index contributed by atoms with van der Waals surface area (Å²) in [5.74, 6) is 0.704. The van der Waals surface area contributed by atoms with Crippen molar-refractivity contribution in [1.82, 2.24) is 4.98 Å². The number of hydrogen-bond donors (Lipinski definition) is 1. The van der Waals surface area contributed by atoms with Gasteiger partial charge in [-0.05, 0) is 29.8 Å². The Labute approximate surface area is 140 Å². The van der Waals surface area contributed by atoms with E-state index >= 15 is 0 Å². The van der Waals surface area contributed by atoms with Gasteiger partial charge in [0.1, 0.15) is 18.6 Å². The second kappa shape index (κ2) is 7.97. The number of carbonyl (C=O) groups excluding carboxylic acids is 1. The lowest BCUT2D eigenvalue weighted by molar-refractivity contribution is -0.116. The van der Waals surface area contributed by atoms with Gasteiger partial charge in [-0.2, -0.15) is 0 Å². The molecule has 0 bridgehead atoms. The molecular weight excluding hydrogens is 304 g/mol. The maximum Gasteiger partial charge on any atom is 0.224 e. The van der Waals surface area contributed by atoms with E-state index in [-0.39, 0.29) is 5.91 Å². The first-order valence-corrected chi connectivity index (χ1v) is 7.73. The molecule has 0 saturated heterocycles. The van der Waals surface area contributed by atoms with Gasteiger partial charge in [-0.25, -0.2) is 4.98 Å². The van der Waals surface area contributed by atoms with Gasteiger partial charge in [0, 0.05) is 18.5 Å². The molecule has 0 aliphatic heterocycles. The molecule has 1 amide bonds. The standard InChI is InChI=1S/C19H18N2O3/c22-19(11-8-17-13-23-14-20-17)21-16-6-9-18(10-7-16)24-12-15-4-2-1-3-5-15/h1-7,9-10,13-14H,8,11-12H2,(H,21,22). The molecule has 0 aliphatic carbocycles. The summed E-state index contributed by atoms with van der Waals surface area (Å²) in [6.45, 7) is 0.518. The summed E-state index contributed by atoms with van der Waals surface area (Å²) in [5, 5.41) is 2.85. The van der Waals surface area contributed by atoms with Crippen molar-refractivity contribution < 1.29 is 13.9 Å². The van der Waals surface area contributed by atoms with Gasteiger partial charge < -0.3 is 14.5 Å². The van der Waals surface area contributed by atoms with Crippen molar-refractivity contribution in [3.8, 4) is 5.75 Å². The molecule has 24 heavy (non-hydrogen) atoms. The van der Waals surface area contributed by atoms with E-state index in [0.717, 1.165) is 22.7 Å². The molecule has 5 heteroatoms. The summed E-state index contributed by atoms with van der Waals surface area (Å²) >= 11 is 0. The third kappa shape index (κ3) is 4.71. The molecule has 0 unspecified atom stereocenters. The van der Waals surface area contributed by atoms with Crippen LogP contribution >= 0.6 is 0 Å². The highest BCUT2D eigenvalue weighted by Crippen LogP contribution is 2.17. The zero-order valence-electron chi connectivity index (χ0n) is 13.1. The number of ether oxygens (including phenoxy) is 1. The Kier molecular flexibility index (Phi) is 5.24. The molecule has 0 aliphatic rings. The molecule has 5 nitrogen and oxygen atoms in total. The Bertz CT molecular complexity index is 753. The molecule has 0 saturated carbocycles. The monoisotopic (exact) mass is 322 g/mol. The first-order valence-electron chi connectivity index (χ1n) is 7.73. The van der Waals surface area contributed by atoms with Crippen molar-refractivity contribution in [2.24, 2.45) is 0 Å². The number of aromatic nitrogens is 1. The lowest BCUT2D eigenvalue weighted by Gasteiger charge is -2.08. The Morgan fingerprint density at radius 3 is 2.58 bits per heavy atom. The Morgan fingerprint density at radius 2 is 1.88 bits per heavy atom. The smallest absolute Gasteiger partial charge is 0.224 e. The molecule has 1 heterocycles. The Morgan fingerprint density at radius 1 is 1.08 bits per heavy atom. The molecule has 0 spiro atoms. The first kappa shape index (κ1) is 15.8. The predicted molar refractivity (Wildman–Crippen MR) is 90.7 cm³/mol. The Hall–Kier alpha value is -3.08. The zero-order valence-corrected chi connectivity index (χ0v) is 13.1. The average molecular weight is 322 g/mol. The van der Waals surface area contributed by atoms with Gasteiger partial charge in [-0.1, -0.05) is 30.3 Å². The van der Waals surface area contributed by atoms with E-state index in [9.17, 15) is 4.79 Å². The molecule has 3 rings (SSSR count). The van der Waals surface area contributed by atoms with Gasteiger partial charge in [0.05, 0.1) is 5.69 Å². The second-order valence-corrected chi connectivity index (χ2v) is 5.33. The van der Waals surface area contributed by atoms with E-state index in [2.05, 4.69) is 10.3 Å². The van der Waals surface area contributed by atoms with E-state index in [1.165, 1.54) is 6.39 Å². The minimum Gasteiger partial charge on any atom is -0.489 e. The first-order chi connectivity index (χ1) is 11.8. The van der Waals surface area contributed by atoms with Crippen molar-refractivity contribution in [1.29, 1.82) is 0 Å². The average Bonchev–Trinajstić information content (AvgIpc) is 3.14. The van der Waals surface area contributed by atoms with Gasteiger partial charge >= 0.3 is 0 Å². The molecule has 1 N–H and O–H groups in total. The van der Waals surface area contributed by atoms with Crippen LogP contribution in [-0.4, -0.2) is 10.9 Å². The maximum atomic E-state index is 11.9. The predicted octanol–water partition coefficient (Wildman–Crippen LogP) is 3.82. The van der Waals surface area contributed by atoms with Crippen LogP contribution in [0.25, 0.3) is 0 Å². The highest BCUT2D eigenvalue weighted by molar-refractivity contribution is 5.90. The van der Waals surface area contributed by atoms with E-state index in [1.54, 1.807) is 6.26 Å². The molecule has 0 radical (unpaired) electrons. The summed E-state index contributed by atoms with van der Waals surface area (Å²) in [6.07, 6.45) is 3.83. The molecular formula is C19H18N2O3. The summed E-state index contributed by atoms with van der Waals surface area (Å²) in [4.78, 5) is 15.9. The van der Waals surface area contributed by atoms with Crippen LogP contribution < -0.4 is 10.1 Å². The maximum absolute atomic E-state index is 11.9. The van der Waals surface area contributed by atoms with Gasteiger partial charge in [0.15, 0.2) is 6.39 Å². The molecule has 0 atom stereocenters. The quantitative estimate of drug-likeness (QED) is 0.718. The number of amides is 1.